The number of carbonyl (C=O) groups excluding carboxylic acids is 1. The van der Waals surface area contributed by atoms with E-state index >= 15 is 0 Å². The number of ether oxygens (including phenoxy) is 3. The van der Waals surface area contributed by atoms with Gasteiger partial charge >= 0.3 is 5.97 Å². The van der Waals surface area contributed by atoms with E-state index in [0.29, 0.717) is 19.3 Å². The second-order valence-corrected chi connectivity index (χ2v) is 5.20. The third-order valence-electron chi connectivity index (χ3n) is 3.73. The van der Waals surface area contributed by atoms with Crippen LogP contribution in [0, 0.1) is 5.92 Å². The van der Waals surface area contributed by atoms with Crippen molar-refractivity contribution in [3.05, 3.63) is 35.9 Å². The van der Waals surface area contributed by atoms with Crippen molar-refractivity contribution in [1.82, 2.24) is 0 Å². The zero-order valence-corrected chi connectivity index (χ0v) is 11.0. The van der Waals surface area contributed by atoms with Crippen molar-refractivity contribution in [2.75, 3.05) is 6.61 Å². The number of benzene rings is 1. The van der Waals surface area contributed by atoms with E-state index in [4.69, 9.17) is 14.2 Å². The fourth-order valence-electron chi connectivity index (χ4n) is 2.72. The fraction of sp³-hybridized carbons (Fsp3) is 0.533. The van der Waals surface area contributed by atoms with Crippen molar-refractivity contribution in [3.8, 4) is 0 Å². The molecule has 1 aromatic carbocycles. The lowest BCUT2D eigenvalue weighted by Crippen LogP contribution is -2.29. The Labute approximate surface area is 112 Å². The molecule has 19 heavy (non-hydrogen) atoms. The van der Waals surface area contributed by atoms with E-state index in [0.717, 1.165) is 12.0 Å². The van der Waals surface area contributed by atoms with Crippen LogP contribution in [0.5, 0.6) is 0 Å². The molecule has 1 heterocycles. The van der Waals surface area contributed by atoms with E-state index in [1.165, 1.54) is 6.92 Å². The van der Waals surface area contributed by atoms with E-state index in [9.17, 15) is 4.79 Å². The summed E-state index contributed by atoms with van der Waals surface area (Å²) in [6, 6.07) is 10.1. The van der Waals surface area contributed by atoms with Gasteiger partial charge in [-0.2, -0.15) is 0 Å². The molecule has 1 aliphatic heterocycles. The zero-order chi connectivity index (χ0) is 13.2. The van der Waals surface area contributed by atoms with Crippen LogP contribution < -0.4 is 0 Å². The minimum Gasteiger partial charge on any atom is -0.465 e. The van der Waals surface area contributed by atoms with Crippen LogP contribution in [0.4, 0.5) is 0 Å². The SMILES string of the molecule is CC(=O)OC[C@H]1C[C@@H]2O[C@@H]2[C@H]1OCc1ccccc1. The average molecular weight is 262 g/mol. The van der Waals surface area contributed by atoms with Gasteiger partial charge in [-0.1, -0.05) is 30.3 Å². The van der Waals surface area contributed by atoms with Crippen LogP contribution in [-0.2, 0) is 25.6 Å². The van der Waals surface area contributed by atoms with Gasteiger partial charge in [0.05, 0.1) is 25.4 Å². The van der Waals surface area contributed by atoms with Crippen molar-refractivity contribution in [2.24, 2.45) is 5.92 Å². The number of fused-ring (bicyclic) bond motifs is 1. The Bertz CT molecular complexity index is 445. The summed E-state index contributed by atoms with van der Waals surface area (Å²) in [7, 11) is 0. The molecule has 3 rings (SSSR count). The molecule has 4 nitrogen and oxygen atoms in total. The molecule has 102 valence electrons. The molecule has 2 aliphatic rings. The number of epoxide rings is 1. The van der Waals surface area contributed by atoms with Gasteiger partial charge in [-0.15, -0.1) is 0 Å². The van der Waals surface area contributed by atoms with E-state index < -0.39 is 0 Å². The molecular weight excluding hydrogens is 244 g/mol. The molecule has 0 bridgehead atoms. The highest BCUT2D eigenvalue weighted by Gasteiger charge is 2.56. The molecule has 2 fully saturated rings. The topological polar surface area (TPSA) is 48.1 Å². The predicted octanol–water partition coefficient (Wildman–Crippen LogP) is 1.92. The second-order valence-electron chi connectivity index (χ2n) is 5.20. The van der Waals surface area contributed by atoms with Crippen LogP contribution in [0.1, 0.15) is 18.9 Å². The van der Waals surface area contributed by atoms with Crippen LogP contribution in [0.25, 0.3) is 0 Å². The van der Waals surface area contributed by atoms with Gasteiger partial charge in [-0.25, -0.2) is 0 Å². The Morgan fingerprint density at radius 2 is 2.16 bits per heavy atom. The van der Waals surface area contributed by atoms with Crippen molar-refractivity contribution < 1.29 is 19.0 Å². The maximum atomic E-state index is 10.9. The lowest BCUT2D eigenvalue weighted by atomic mass is 10.1. The van der Waals surface area contributed by atoms with Gasteiger partial charge in [0.1, 0.15) is 6.10 Å². The maximum Gasteiger partial charge on any atom is 0.302 e. The highest BCUT2D eigenvalue weighted by Crippen LogP contribution is 2.44. The summed E-state index contributed by atoms with van der Waals surface area (Å²) < 4.78 is 16.6. The summed E-state index contributed by atoms with van der Waals surface area (Å²) in [5, 5.41) is 0. The molecular formula is C15H18O4. The van der Waals surface area contributed by atoms with Gasteiger partial charge in [-0.3, -0.25) is 4.79 Å². The Hall–Kier alpha value is -1.39. The summed E-state index contributed by atoms with van der Waals surface area (Å²) >= 11 is 0. The molecule has 1 saturated heterocycles. The van der Waals surface area contributed by atoms with Gasteiger partial charge in [-0.05, 0) is 12.0 Å². The molecule has 0 unspecified atom stereocenters. The predicted molar refractivity (Wildman–Crippen MR) is 68.4 cm³/mol. The summed E-state index contributed by atoms with van der Waals surface area (Å²) in [5.41, 5.74) is 1.15. The van der Waals surface area contributed by atoms with Crippen LogP contribution in [0.2, 0.25) is 0 Å². The Balaban J connectivity index is 1.54. The molecule has 0 aromatic heterocycles. The number of hydrogen-bond acceptors (Lipinski definition) is 4. The maximum absolute atomic E-state index is 10.9. The first-order valence-electron chi connectivity index (χ1n) is 6.68. The number of hydrogen-bond donors (Lipinski definition) is 0. The van der Waals surface area contributed by atoms with Crippen LogP contribution in [-0.4, -0.2) is 30.9 Å². The van der Waals surface area contributed by atoms with E-state index in [1.54, 1.807) is 0 Å². The Morgan fingerprint density at radius 1 is 1.37 bits per heavy atom. The molecule has 1 saturated carbocycles. The highest BCUT2D eigenvalue weighted by atomic mass is 16.6. The van der Waals surface area contributed by atoms with Crippen molar-refractivity contribution in [3.63, 3.8) is 0 Å². The third kappa shape index (κ3) is 2.96. The molecule has 4 atom stereocenters. The average Bonchev–Trinajstić information content (AvgIpc) is 3.09. The number of carbonyl (C=O) groups is 1. The van der Waals surface area contributed by atoms with Crippen LogP contribution >= 0.6 is 0 Å². The van der Waals surface area contributed by atoms with Crippen LogP contribution in [0.3, 0.4) is 0 Å². The summed E-state index contributed by atoms with van der Waals surface area (Å²) in [6.07, 6.45) is 1.48. The molecule has 0 amide bonds. The zero-order valence-electron chi connectivity index (χ0n) is 11.0. The molecule has 0 spiro atoms. The largest absolute Gasteiger partial charge is 0.465 e. The van der Waals surface area contributed by atoms with Crippen molar-refractivity contribution in [1.29, 1.82) is 0 Å². The molecule has 1 aromatic rings. The van der Waals surface area contributed by atoms with Gasteiger partial charge in [0.25, 0.3) is 0 Å². The van der Waals surface area contributed by atoms with Crippen LogP contribution in [0.15, 0.2) is 30.3 Å². The summed E-state index contributed by atoms with van der Waals surface area (Å²) in [6.45, 7) is 2.45. The van der Waals surface area contributed by atoms with Gasteiger partial charge in [0.15, 0.2) is 0 Å². The lowest BCUT2D eigenvalue weighted by Gasteiger charge is -2.21. The summed E-state index contributed by atoms with van der Waals surface area (Å²) in [4.78, 5) is 10.9. The van der Waals surface area contributed by atoms with E-state index in [1.807, 2.05) is 30.3 Å². The molecule has 0 radical (unpaired) electrons. The fourth-order valence-corrected chi connectivity index (χ4v) is 2.72. The molecule has 4 heteroatoms. The third-order valence-corrected chi connectivity index (χ3v) is 3.73. The first-order chi connectivity index (χ1) is 9.24. The van der Waals surface area contributed by atoms with Gasteiger partial charge in [0.2, 0.25) is 0 Å². The highest BCUT2D eigenvalue weighted by molar-refractivity contribution is 5.65. The standard InChI is InChI=1S/C15H18O4/c1-10(16)17-9-12-7-13-15(19-13)14(12)18-8-11-5-3-2-4-6-11/h2-6,12-15H,7-9H2,1H3/t12-,13+,14+,15+/m1/s1. The lowest BCUT2D eigenvalue weighted by molar-refractivity contribution is -0.144. The monoisotopic (exact) mass is 262 g/mol. The smallest absolute Gasteiger partial charge is 0.302 e. The first-order valence-corrected chi connectivity index (χ1v) is 6.68. The van der Waals surface area contributed by atoms with E-state index in [2.05, 4.69) is 0 Å². The Morgan fingerprint density at radius 3 is 2.89 bits per heavy atom. The number of rotatable bonds is 5. The second kappa shape index (κ2) is 5.31. The first kappa shape index (κ1) is 12.6. The quantitative estimate of drug-likeness (QED) is 0.601. The van der Waals surface area contributed by atoms with Crippen molar-refractivity contribution >= 4 is 5.97 Å². The molecule has 0 N–H and O–H groups in total. The normalized spacial score (nSPS) is 31.8. The van der Waals surface area contributed by atoms with Gasteiger partial charge < -0.3 is 14.2 Å². The van der Waals surface area contributed by atoms with Crippen molar-refractivity contribution in [2.45, 2.75) is 38.3 Å². The minimum atomic E-state index is -0.233. The summed E-state index contributed by atoms with van der Waals surface area (Å²) in [5.74, 6) is 0.0275. The Kier molecular flexibility index (Phi) is 3.53. The van der Waals surface area contributed by atoms with E-state index in [-0.39, 0.29) is 24.1 Å². The minimum absolute atomic E-state index is 0.0459. The number of esters is 1. The van der Waals surface area contributed by atoms with Gasteiger partial charge in [0, 0.05) is 12.8 Å². The molecule has 1 aliphatic carbocycles.